The number of hydrogen-bond acceptors (Lipinski definition) is 10. The van der Waals surface area contributed by atoms with Crippen molar-refractivity contribution in [3.63, 3.8) is 0 Å². The fourth-order valence-electron chi connectivity index (χ4n) is 1.89. The number of nitroso groups, excluding NO2 is 1. The van der Waals surface area contributed by atoms with Crippen molar-refractivity contribution in [2.45, 2.75) is 25.9 Å². The van der Waals surface area contributed by atoms with Gasteiger partial charge in [0, 0.05) is 12.8 Å². The standard InChI is InChI=1S/C17H23N3O9/c1-2-14(22)27-8-9-29-17(25)20-13-5-3-4-12(15(13)23)19-16(24)28-7-6-11(21)10-18-26/h3-5,11,21,23H,2,6-10H2,1H3,(H,19,24)(H,20,25). The van der Waals surface area contributed by atoms with E-state index < -0.39 is 30.0 Å². The molecule has 0 bridgehead atoms. The van der Waals surface area contributed by atoms with Crippen molar-refractivity contribution < 1.29 is 38.8 Å². The minimum atomic E-state index is -1.02. The van der Waals surface area contributed by atoms with Gasteiger partial charge in [0.15, 0.2) is 5.75 Å². The average Bonchev–Trinajstić information content (AvgIpc) is 2.68. The number of rotatable bonds is 11. The summed E-state index contributed by atoms with van der Waals surface area (Å²) in [4.78, 5) is 44.4. The number of aromatic hydroxyl groups is 1. The minimum absolute atomic E-state index is 0.0200. The Morgan fingerprint density at radius 1 is 1.03 bits per heavy atom. The number of phenols is 1. The molecule has 0 heterocycles. The lowest BCUT2D eigenvalue weighted by molar-refractivity contribution is -0.144. The van der Waals surface area contributed by atoms with Gasteiger partial charge < -0.3 is 24.4 Å². The number of para-hydroxylation sites is 1. The van der Waals surface area contributed by atoms with Crippen molar-refractivity contribution in [3.8, 4) is 5.75 Å². The van der Waals surface area contributed by atoms with E-state index in [0.717, 1.165) is 0 Å². The van der Waals surface area contributed by atoms with Crippen LogP contribution < -0.4 is 10.6 Å². The molecule has 0 aliphatic rings. The summed E-state index contributed by atoms with van der Waals surface area (Å²) in [5.74, 6) is -0.865. The zero-order chi connectivity index (χ0) is 21.6. The Hall–Kier alpha value is -3.41. The normalized spacial score (nSPS) is 11.1. The zero-order valence-electron chi connectivity index (χ0n) is 15.8. The molecule has 12 nitrogen and oxygen atoms in total. The highest BCUT2D eigenvalue weighted by Crippen LogP contribution is 2.32. The lowest BCUT2D eigenvalue weighted by Gasteiger charge is -2.13. The topological polar surface area (TPSA) is 173 Å². The van der Waals surface area contributed by atoms with Crippen molar-refractivity contribution in [2.24, 2.45) is 5.18 Å². The first kappa shape index (κ1) is 23.6. The van der Waals surface area contributed by atoms with Crippen LogP contribution in [0, 0.1) is 4.91 Å². The van der Waals surface area contributed by atoms with E-state index in [1.165, 1.54) is 18.2 Å². The third kappa shape index (κ3) is 9.37. The molecule has 1 rings (SSSR count). The highest BCUT2D eigenvalue weighted by molar-refractivity contribution is 5.92. The molecule has 160 valence electrons. The van der Waals surface area contributed by atoms with Crippen molar-refractivity contribution in [3.05, 3.63) is 23.1 Å². The molecule has 0 radical (unpaired) electrons. The molecule has 1 unspecified atom stereocenters. The molecular weight excluding hydrogens is 390 g/mol. The van der Waals surface area contributed by atoms with Crippen molar-refractivity contribution >= 4 is 29.5 Å². The molecule has 0 fully saturated rings. The minimum Gasteiger partial charge on any atom is -0.504 e. The number of esters is 1. The number of phenolic OH excluding ortho intramolecular Hbond substituents is 1. The first-order valence-electron chi connectivity index (χ1n) is 8.69. The number of aliphatic hydroxyl groups excluding tert-OH is 1. The van der Waals surface area contributed by atoms with Crippen LogP contribution in [0.1, 0.15) is 19.8 Å². The van der Waals surface area contributed by atoms with E-state index in [2.05, 4.69) is 15.8 Å². The Balaban J connectivity index is 2.48. The van der Waals surface area contributed by atoms with Crippen molar-refractivity contribution in [1.29, 1.82) is 0 Å². The molecule has 0 spiro atoms. The maximum absolute atomic E-state index is 11.7. The number of carbonyl (C=O) groups is 3. The quantitative estimate of drug-likeness (QED) is 0.139. The maximum Gasteiger partial charge on any atom is 0.411 e. The molecule has 29 heavy (non-hydrogen) atoms. The van der Waals surface area contributed by atoms with Gasteiger partial charge in [-0.05, 0) is 12.1 Å². The summed E-state index contributed by atoms with van der Waals surface area (Å²) in [6, 6.07) is 4.18. The molecule has 2 amide bonds. The molecule has 0 saturated heterocycles. The number of hydrogen-bond donors (Lipinski definition) is 4. The Bertz CT molecular complexity index is 711. The molecule has 0 aliphatic heterocycles. The smallest absolute Gasteiger partial charge is 0.411 e. The van der Waals surface area contributed by atoms with Gasteiger partial charge in [0.1, 0.15) is 19.8 Å². The van der Waals surface area contributed by atoms with Gasteiger partial charge in [-0.3, -0.25) is 15.4 Å². The SMILES string of the molecule is CCC(=O)OCCOC(=O)Nc1cccc(NC(=O)OCCC(O)CN=O)c1O. The van der Waals surface area contributed by atoms with Gasteiger partial charge in [-0.25, -0.2) is 9.59 Å². The summed E-state index contributed by atoms with van der Waals surface area (Å²) in [5.41, 5.74) is -0.0781. The molecule has 4 N–H and O–H groups in total. The van der Waals surface area contributed by atoms with Crippen LogP contribution in [0.15, 0.2) is 23.4 Å². The third-order valence-corrected chi connectivity index (χ3v) is 3.35. The molecule has 0 aliphatic carbocycles. The number of ether oxygens (including phenoxy) is 3. The summed E-state index contributed by atoms with van der Waals surface area (Å²) in [6.45, 7) is 0.877. The van der Waals surface area contributed by atoms with Crippen LogP contribution in [0.25, 0.3) is 0 Å². The summed E-state index contributed by atoms with van der Waals surface area (Å²) in [6.07, 6.45) is -2.60. The highest BCUT2D eigenvalue weighted by atomic mass is 16.6. The van der Waals surface area contributed by atoms with Gasteiger partial charge >= 0.3 is 18.2 Å². The van der Waals surface area contributed by atoms with Gasteiger partial charge in [-0.1, -0.05) is 18.2 Å². The predicted molar refractivity (Wildman–Crippen MR) is 101 cm³/mol. The number of nitrogens with zero attached hydrogens (tertiary/aromatic N) is 1. The van der Waals surface area contributed by atoms with Crippen LogP contribution in [0.2, 0.25) is 0 Å². The van der Waals surface area contributed by atoms with E-state index in [1.807, 2.05) is 0 Å². The molecule has 1 aromatic rings. The van der Waals surface area contributed by atoms with Crippen LogP contribution >= 0.6 is 0 Å². The molecule has 0 aromatic heterocycles. The van der Waals surface area contributed by atoms with Gasteiger partial charge in [0.05, 0.1) is 24.1 Å². The number of nitrogens with one attached hydrogen (secondary N) is 2. The predicted octanol–water partition coefficient (Wildman–Crippen LogP) is 1.96. The summed E-state index contributed by atoms with van der Waals surface area (Å²) in [5, 5.41) is 26.5. The number of amides is 2. The monoisotopic (exact) mass is 413 g/mol. The number of aliphatic hydroxyl groups is 1. The molecule has 0 saturated carbocycles. The van der Waals surface area contributed by atoms with E-state index in [1.54, 1.807) is 6.92 Å². The van der Waals surface area contributed by atoms with Crippen LogP contribution in [0.4, 0.5) is 21.0 Å². The zero-order valence-corrected chi connectivity index (χ0v) is 15.8. The van der Waals surface area contributed by atoms with E-state index >= 15 is 0 Å². The van der Waals surface area contributed by atoms with Gasteiger partial charge in [0.2, 0.25) is 0 Å². The second-order valence-corrected chi connectivity index (χ2v) is 5.55. The molecular formula is C17H23N3O9. The van der Waals surface area contributed by atoms with Gasteiger partial charge in [0.25, 0.3) is 0 Å². The third-order valence-electron chi connectivity index (χ3n) is 3.35. The van der Waals surface area contributed by atoms with Crippen LogP contribution in [-0.2, 0) is 19.0 Å². The largest absolute Gasteiger partial charge is 0.504 e. The van der Waals surface area contributed by atoms with Crippen LogP contribution in [0.5, 0.6) is 5.75 Å². The Morgan fingerprint density at radius 3 is 2.14 bits per heavy atom. The Kier molecular flexibility index (Phi) is 10.5. The molecule has 1 aromatic carbocycles. The van der Waals surface area contributed by atoms with Crippen LogP contribution in [-0.4, -0.2) is 60.8 Å². The second-order valence-electron chi connectivity index (χ2n) is 5.55. The molecule has 1 atom stereocenters. The van der Waals surface area contributed by atoms with Gasteiger partial charge in [-0.15, -0.1) is 0 Å². The summed E-state index contributed by atoms with van der Waals surface area (Å²) in [7, 11) is 0. The molecule has 12 heteroatoms. The lowest BCUT2D eigenvalue weighted by atomic mass is 10.2. The summed E-state index contributed by atoms with van der Waals surface area (Å²) >= 11 is 0. The number of carbonyl (C=O) groups excluding carboxylic acids is 3. The maximum atomic E-state index is 11.7. The Morgan fingerprint density at radius 2 is 1.59 bits per heavy atom. The van der Waals surface area contributed by atoms with E-state index in [0.29, 0.717) is 0 Å². The first-order chi connectivity index (χ1) is 13.9. The average molecular weight is 413 g/mol. The van der Waals surface area contributed by atoms with Gasteiger partial charge in [-0.2, -0.15) is 4.91 Å². The lowest BCUT2D eigenvalue weighted by Crippen LogP contribution is -2.20. The van der Waals surface area contributed by atoms with E-state index in [9.17, 15) is 29.5 Å². The first-order valence-corrected chi connectivity index (χ1v) is 8.69. The number of benzene rings is 1. The Labute approximate surface area is 166 Å². The highest BCUT2D eigenvalue weighted by Gasteiger charge is 2.14. The second kappa shape index (κ2) is 12.9. The number of anilines is 2. The van der Waals surface area contributed by atoms with E-state index in [4.69, 9.17) is 14.2 Å². The van der Waals surface area contributed by atoms with Crippen molar-refractivity contribution in [2.75, 3.05) is 37.0 Å². The fourth-order valence-corrected chi connectivity index (χ4v) is 1.89. The van der Waals surface area contributed by atoms with Crippen molar-refractivity contribution in [1.82, 2.24) is 0 Å². The fraction of sp³-hybridized carbons (Fsp3) is 0.471. The van der Waals surface area contributed by atoms with E-state index in [-0.39, 0.29) is 50.6 Å². The summed E-state index contributed by atoms with van der Waals surface area (Å²) < 4.78 is 14.4. The van der Waals surface area contributed by atoms with Crippen LogP contribution in [0.3, 0.4) is 0 Å².